The molecular weight excluding hydrogens is 478 g/mol. The Bertz CT molecular complexity index is 1180. The number of nitrogens with zero attached hydrogens (tertiary/aromatic N) is 1. The lowest BCUT2D eigenvalue weighted by Gasteiger charge is -2.13. The van der Waals surface area contributed by atoms with Crippen LogP contribution in [0.1, 0.15) is 36.1 Å². The molecule has 11 nitrogen and oxygen atoms in total. The molecule has 2 amide bonds. The second kappa shape index (κ2) is 12.2. The normalized spacial score (nSPS) is 9.86. The number of carboxylic acid groups (broad SMARTS) is 1. The topological polar surface area (TPSA) is 159 Å². The number of aromatic carboxylic acids is 1. The smallest absolute Gasteiger partial charge is 0.347 e. The van der Waals surface area contributed by atoms with Gasteiger partial charge in [0.15, 0.2) is 16.6 Å². The molecule has 12 heteroatoms. The summed E-state index contributed by atoms with van der Waals surface area (Å²) in [6.07, 6.45) is 0. The number of primary amides is 1. The molecule has 0 aliphatic heterocycles. The number of aromatic nitrogens is 1. The SMILES string of the molecule is COc1cc(C(=O)Nc2nc(C)c(C(=O)O)s2)cc(OC)c1OC.COc1ccc(C(N)=O)cc1. The lowest BCUT2D eigenvalue weighted by Crippen LogP contribution is -2.12. The van der Waals surface area contributed by atoms with E-state index in [4.69, 9.17) is 29.8 Å². The van der Waals surface area contributed by atoms with Crippen LogP contribution in [-0.2, 0) is 0 Å². The van der Waals surface area contributed by atoms with Crippen molar-refractivity contribution < 1.29 is 38.4 Å². The van der Waals surface area contributed by atoms with Crippen molar-refractivity contribution in [2.24, 2.45) is 5.73 Å². The fourth-order valence-electron chi connectivity index (χ4n) is 2.79. The number of benzene rings is 2. The van der Waals surface area contributed by atoms with Crippen LogP contribution in [0.5, 0.6) is 23.0 Å². The van der Waals surface area contributed by atoms with E-state index in [1.165, 1.54) is 33.5 Å². The number of aryl methyl sites for hydroxylation is 1. The van der Waals surface area contributed by atoms with Crippen molar-refractivity contribution in [1.29, 1.82) is 0 Å². The Morgan fingerprint density at radius 2 is 1.49 bits per heavy atom. The van der Waals surface area contributed by atoms with Crippen molar-refractivity contribution in [3.05, 3.63) is 58.1 Å². The number of rotatable bonds is 8. The first-order valence-electron chi connectivity index (χ1n) is 9.91. The van der Waals surface area contributed by atoms with E-state index in [0.717, 1.165) is 17.1 Å². The Morgan fingerprint density at radius 3 is 1.89 bits per heavy atom. The van der Waals surface area contributed by atoms with E-state index >= 15 is 0 Å². The summed E-state index contributed by atoms with van der Waals surface area (Å²) in [5.41, 5.74) is 6.12. The van der Waals surface area contributed by atoms with Gasteiger partial charge in [-0.1, -0.05) is 11.3 Å². The second-order valence-electron chi connectivity index (χ2n) is 6.70. The number of hydrogen-bond acceptors (Lipinski definition) is 9. The summed E-state index contributed by atoms with van der Waals surface area (Å²) < 4.78 is 20.5. The minimum atomic E-state index is -1.08. The average molecular weight is 504 g/mol. The highest BCUT2D eigenvalue weighted by molar-refractivity contribution is 7.17. The first-order valence-corrected chi connectivity index (χ1v) is 10.7. The van der Waals surface area contributed by atoms with Gasteiger partial charge in [-0.25, -0.2) is 9.78 Å². The van der Waals surface area contributed by atoms with Gasteiger partial charge in [0.25, 0.3) is 5.91 Å². The maximum atomic E-state index is 12.4. The number of nitrogens with one attached hydrogen (secondary N) is 1. The number of carbonyl (C=O) groups is 3. The number of anilines is 1. The van der Waals surface area contributed by atoms with Crippen LogP contribution in [0.15, 0.2) is 36.4 Å². The molecule has 0 radical (unpaired) electrons. The molecular formula is C23H25N3O8S. The molecule has 0 bridgehead atoms. The quantitative estimate of drug-likeness (QED) is 0.419. The van der Waals surface area contributed by atoms with Crippen molar-refractivity contribution in [3.63, 3.8) is 0 Å². The number of thiazole rings is 1. The maximum Gasteiger partial charge on any atom is 0.347 e. The number of nitrogens with two attached hydrogens (primary N) is 1. The van der Waals surface area contributed by atoms with Crippen LogP contribution < -0.4 is 30.0 Å². The van der Waals surface area contributed by atoms with E-state index in [1.807, 2.05) is 0 Å². The predicted octanol–water partition coefficient (Wildman–Crippen LogP) is 3.22. The maximum absolute atomic E-state index is 12.4. The Morgan fingerprint density at radius 1 is 0.914 bits per heavy atom. The lowest BCUT2D eigenvalue weighted by molar-refractivity contribution is 0.0700. The molecule has 0 atom stereocenters. The number of carbonyl (C=O) groups excluding carboxylic acids is 2. The van der Waals surface area contributed by atoms with E-state index in [1.54, 1.807) is 38.3 Å². The van der Waals surface area contributed by atoms with Crippen molar-refractivity contribution >= 4 is 34.3 Å². The van der Waals surface area contributed by atoms with Gasteiger partial charge in [0.05, 0.1) is 34.1 Å². The zero-order chi connectivity index (χ0) is 26.1. The Kier molecular flexibility index (Phi) is 9.41. The molecule has 3 rings (SSSR count). The fourth-order valence-corrected chi connectivity index (χ4v) is 3.59. The van der Waals surface area contributed by atoms with Gasteiger partial charge in [-0.2, -0.15) is 0 Å². The largest absolute Gasteiger partial charge is 0.497 e. The fraction of sp³-hybridized carbons (Fsp3) is 0.217. The van der Waals surface area contributed by atoms with E-state index in [9.17, 15) is 14.4 Å². The van der Waals surface area contributed by atoms with E-state index in [-0.39, 0.29) is 15.6 Å². The summed E-state index contributed by atoms with van der Waals surface area (Å²) in [5.74, 6) is -0.220. The highest BCUT2D eigenvalue weighted by atomic mass is 32.1. The van der Waals surface area contributed by atoms with Crippen LogP contribution in [0, 0.1) is 6.92 Å². The van der Waals surface area contributed by atoms with Crippen LogP contribution in [0.25, 0.3) is 0 Å². The zero-order valence-corrected chi connectivity index (χ0v) is 20.5. The molecule has 1 aromatic heterocycles. The number of ether oxygens (including phenoxy) is 4. The first-order chi connectivity index (χ1) is 16.6. The molecule has 0 fully saturated rings. The Balaban J connectivity index is 0.000000328. The minimum absolute atomic E-state index is 0.0789. The lowest BCUT2D eigenvalue weighted by atomic mass is 10.1. The molecule has 0 aliphatic carbocycles. The van der Waals surface area contributed by atoms with Gasteiger partial charge < -0.3 is 29.8 Å². The van der Waals surface area contributed by atoms with Crippen LogP contribution in [0.2, 0.25) is 0 Å². The zero-order valence-electron chi connectivity index (χ0n) is 19.7. The molecule has 0 aliphatic rings. The monoisotopic (exact) mass is 503 g/mol. The highest BCUT2D eigenvalue weighted by Crippen LogP contribution is 2.38. The van der Waals surface area contributed by atoms with Crippen molar-refractivity contribution in [2.75, 3.05) is 33.8 Å². The van der Waals surface area contributed by atoms with E-state index < -0.39 is 17.8 Å². The summed E-state index contributed by atoms with van der Waals surface area (Å²) in [6.45, 7) is 1.56. The number of amides is 2. The third-order valence-electron chi connectivity index (χ3n) is 4.51. The van der Waals surface area contributed by atoms with Gasteiger partial charge in [-0.15, -0.1) is 0 Å². The molecule has 0 saturated carbocycles. The predicted molar refractivity (Wildman–Crippen MR) is 129 cm³/mol. The summed E-state index contributed by atoms with van der Waals surface area (Å²) in [6, 6.07) is 9.63. The van der Waals surface area contributed by atoms with E-state index in [2.05, 4.69) is 10.3 Å². The molecule has 186 valence electrons. The molecule has 0 spiro atoms. The van der Waals surface area contributed by atoms with Crippen molar-refractivity contribution in [3.8, 4) is 23.0 Å². The molecule has 0 saturated heterocycles. The number of hydrogen-bond donors (Lipinski definition) is 3. The van der Waals surface area contributed by atoms with Gasteiger partial charge in [0.1, 0.15) is 10.6 Å². The van der Waals surface area contributed by atoms with Crippen molar-refractivity contribution in [1.82, 2.24) is 4.98 Å². The molecule has 0 unspecified atom stereocenters. The van der Waals surface area contributed by atoms with Crippen molar-refractivity contribution in [2.45, 2.75) is 6.92 Å². The average Bonchev–Trinajstić information content (AvgIpc) is 3.23. The summed E-state index contributed by atoms with van der Waals surface area (Å²) >= 11 is 0.888. The van der Waals surface area contributed by atoms with Crippen LogP contribution in [0.3, 0.4) is 0 Å². The molecule has 3 aromatic rings. The highest BCUT2D eigenvalue weighted by Gasteiger charge is 2.19. The van der Waals surface area contributed by atoms with Gasteiger partial charge >= 0.3 is 5.97 Å². The van der Waals surface area contributed by atoms with Crippen LogP contribution in [-0.4, -0.2) is 56.3 Å². The summed E-state index contributed by atoms with van der Waals surface area (Å²) in [4.78, 5) is 38.1. The third-order valence-corrected chi connectivity index (χ3v) is 5.57. The third kappa shape index (κ3) is 6.84. The standard InChI is InChI=1S/C15H16N2O6S.C8H9NO2/c1-7-12(14(19)20)24-15(16-7)17-13(18)8-5-9(21-2)11(23-4)10(6-8)22-3;1-11-7-4-2-6(3-5-7)8(9)10/h5-6H,1-4H3,(H,19,20)(H,16,17,18);2-5H,1H3,(H2,9,10). The Hall–Kier alpha value is -4.32. The summed E-state index contributed by atoms with van der Waals surface area (Å²) in [5, 5.41) is 11.8. The van der Waals surface area contributed by atoms with Crippen LogP contribution >= 0.6 is 11.3 Å². The van der Waals surface area contributed by atoms with Crippen LogP contribution in [0.4, 0.5) is 5.13 Å². The van der Waals surface area contributed by atoms with Gasteiger partial charge in [-0.05, 0) is 43.3 Å². The first kappa shape index (κ1) is 26.9. The van der Waals surface area contributed by atoms with E-state index in [0.29, 0.717) is 28.5 Å². The number of methoxy groups -OCH3 is 4. The Labute approximate surface area is 205 Å². The minimum Gasteiger partial charge on any atom is -0.497 e. The van der Waals surface area contributed by atoms with Gasteiger partial charge in [0.2, 0.25) is 11.7 Å². The summed E-state index contributed by atoms with van der Waals surface area (Å²) in [7, 11) is 5.93. The van der Waals surface area contributed by atoms with Gasteiger partial charge in [-0.3, -0.25) is 14.9 Å². The number of carboxylic acids is 1. The molecule has 2 aromatic carbocycles. The van der Waals surface area contributed by atoms with Gasteiger partial charge in [0, 0.05) is 11.1 Å². The second-order valence-corrected chi connectivity index (χ2v) is 7.70. The molecule has 35 heavy (non-hydrogen) atoms. The molecule has 4 N–H and O–H groups in total. The molecule has 1 heterocycles.